The van der Waals surface area contributed by atoms with Crippen molar-refractivity contribution in [1.82, 2.24) is 4.90 Å². The van der Waals surface area contributed by atoms with E-state index in [1.54, 1.807) is 0 Å². The second-order valence-corrected chi connectivity index (χ2v) is 4.55. The third kappa shape index (κ3) is 2.23. The highest BCUT2D eigenvalue weighted by atomic mass is 15.2. The quantitative estimate of drug-likeness (QED) is 0.709. The average molecular weight is 184 g/mol. The van der Waals surface area contributed by atoms with Gasteiger partial charge in [0.1, 0.15) is 0 Å². The van der Waals surface area contributed by atoms with Gasteiger partial charge >= 0.3 is 0 Å². The molecule has 1 heterocycles. The van der Waals surface area contributed by atoms with Crippen molar-refractivity contribution in [2.24, 2.45) is 11.7 Å². The van der Waals surface area contributed by atoms with Crippen LogP contribution in [0.4, 0.5) is 0 Å². The second-order valence-electron chi connectivity index (χ2n) is 4.55. The van der Waals surface area contributed by atoms with Crippen molar-refractivity contribution in [1.29, 1.82) is 0 Å². The molecule has 1 saturated heterocycles. The highest BCUT2D eigenvalue weighted by molar-refractivity contribution is 4.88. The summed E-state index contributed by atoms with van der Waals surface area (Å²) in [7, 11) is 0. The van der Waals surface area contributed by atoms with Crippen LogP contribution in [0.2, 0.25) is 0 Å². The summed E-state index contributed by atoms with van der Waals surface area (Å²) in [6, 6.07) is 1.78. The molecule has 0 aromatic rings. The Kier molecular flexibility index (Phi) is 3.74. The molecule has 0 saturated carbocycles. The third-order valence-corrected chi connectivity index (χ3v) is 3.84. The fourth-order valence-electron chi connectivity index (χ4n) is 2.28. The van der Waals surface area contributed by atoms with E-state index in [1.165, 1.54) is 13.0 Å². The molecule has 1 aliphatic rings. The molecule has 78 valence electrons. The van der Waals surface area contributed by atoms with Gasteiger partial charge < -0.3 is 5.73 Å². The Balaban J connectivity index is 2.58. The number of likely N-dealkylation sites (tertiary alicyclic amines) is 1. The van der Waals surface area contributed by atoms with E-state index in [2.05, 4.69) is 32.6 Å². The van der Waals surface area contributed by atoms with E-state index in [9.17, 15) is 0 Å². The van der Waals surface area contributed by atoms with Crippen LogP contribution in [0.15, 0.2) is 0 Å². The maximum absolute atomic E-state index is 6.05. The van der Waals surface area contributed by atoms with Crippen LogP contribution in [0.25, 0.3) is 0 Å². The van der Waals surface area contributed by atoms with Crippen LogP contribution >= 0.6 is 0 Å². The molecule has 13 heavy (non-hydrogen) atoms. The summed E-state index contributed by atoms with van der Waals surface area (Å²) >= 11 is 0. The molecule has 0 aromatic carbocycles. The number of nitrogens with zero attached hydrogens (tertiary/aromatic N) is 1. The molecule has 1 rings (SSSR count). The smallest absolute Gasteiger partial charge is 0.0110 e. The first-order valence-electron chi connectivity index (χ1n) is 5.59. The molecule has 2 N–H and O–H groups in total. The maximum Gasteiger partial charge on any atom is 0.0110 e. The van der Waals surface area contributed by atoms with E-state index in [0.717, 1.165) is 6.42 Å². The van der Waals surface area contributed by atoms with Gasteiger partial charge in [-0.2, -0.15) is 0 Å². The fourth-order valence-corrected chi connectivity index (χ4v) is 2.28. The Morgan fingerprint density at radius 2 is 2.08 bits per heavy atom. The maximum atomic E-state index is 6.05. The molecule has 4 unspecified atom stereocenters. The molecular formula is C11H24N2. The topological polar surface area (TPSA) is 29.3 Å². The molecule has 0 aliphatic carbocycles. The molecule has 0 amide bonds. The molecular weight excluding hydrogens is 160 g/mol. The standard InChI is InChI=1S/C11H24N2/c1-5-8(2)13-7-6-11(12)9(3)10(13)4/h8-11H,5-7,12H2,1-4H3. The largest absolute Gasteiger partial charge is 0.327 e. The number of hydrogen-bond acceptors (Lipinski definition) is 2. The SMILES string of the molecule is CCC(C)N1CCC(N)C(C)C1C. The number of hydrogen-bond donors (Lipinski definition) is 1. The van der Waals surface area contributed by atoms with E-state index in [1.807, 2.05) is 0 Å². The molecule has 4 atom stereocenters. The first-order chi connectivity index (χ1) is 6.07. The van der Waals surface area contributed by atoms with Crippen LogP contribution in [-0.4, -0.2) is 29.6 Å². The van der Waals surface area contributed by atoms with Crippen LogP contribution in [0.1, 0.15) is 40.5 Å². The lowest BCUT2D eigenvalue weighted by molar-refractivity contribution is 0.0615. The second kappa shape index (κ2) is 4.43. The van der Waals surface area contributed by atoms with Gasteiger partial charge in [-0.15, -0.1) is 0 Å². The van der Waals surface area contributed by atoms with Gasteiger partial charge in [-0.1, -0.05) is 13.8 Å². The summed E-state index contributed by atoms with van der Waals surface area (Å²) in [4.78, 5) is 2.61. The van der Waals surface area contributed by atoms with E-state index in [0.29, 0.717) is 24.0 Å². The van der Waals surface area contributed by atoms with Crippen LogP contribution < -0.4 is 5.73 Å². The summed E-state index contributed by atoms with van der Waals surface area (Å²) in [5, 5.41) is 0. The average Bonchev–Trinajstić information content (AvgIpc) is 2.13. The first kappa shape index (κ1) is 11.0. The Morgan fingerprint density at radius 3 is 2.62 bits per heavy atom. The lowest BCUT2D eigenvalue weighted by Crippen LogP contribution is -2.54. The van der Waals surface area contributed by atoms with Crippen LogP contribution in [-0.2, 0) is 0 Å². The van der Waals surface area contributed by atoms with Crippen molar-refractivity contribution in [2.45, 2.75) is 58.7 Å². The molecule has 2 heteroatoms. The molecule has 0 aromatic heterocycles. The Hall–Kier alpha value is -0.0800. The zero-order chi connectivity index (χ0) is 10.0. The number of nitrogens with two attached hydrogens (primary N) is 1. The fraction of sp³-hybridized carbons (Fsp3) is 1.00. The summed E-state index contributed by atoms with van der Waals surface area (Å²) in [6.45, 7) is 10.4. The Morgan fingerprint density at radius 1 is 1.46 bits per heavy atom. The monoisotopic (exact) mass is 184 g/mol. The van der Waals surface area contributed by atoms with Gasteiger partial charge in [-0.05, 0) is 32.6 Å². The van der Waals surface area contributed by atoms with E-state index in [-0.39, 0.29) is 0 Å². The Labute approximate surface area is 82.5 Å². The van der Waals surface area contributed by atoms with Crippen LogP contribution in [0, 0.1) is 5.92 Å². The summed E-state index contributed by atoms with van der Waals surface area (Å²) in [6.07, 6.45) is 2.40. The van der Waals surface area contributed by atoms with E-state index >= 15 is 0 Å². The molecule has 1 fully saturated rings. The van der Waals surface area contributed by atoms with Crippen molar-refractivity contribution in [2.75, 3.05) is 6.54 Å². The minimum atomic E-state index is 0.412. The normalized spacial score (nSPS) is 39.0. The highest BCUT2D eigenvalue weighted by Gasteiger charge is 2.31. The van der Waals surface area contributed by atoms with Crippen molar-refractivity contribution in [3.63, 3.8) is 0 Å². The molecule has 0 bridgehead atoms. The molecule has 1 aliphatic heterocycles. The van der Waals surface area contributed by atoms with Gasteiger partial charge in [-0.3, -0.25) is 4.90 Å². The molecule has 2 nitrogen and oxygen atoms in total. The summed E-state index contributed by atoms with van der Waals surface area (Å²) in [5.74, 6) is 0.641. The lowest BCUT2D eigenvalue weighted by atomic mass is 9.86. The number of rotatable bonds is 2. The lowest BCUT2D eigenvalue weighted by Gasteiger charge is -2.44. The first-order valence-corrected chi connectivity index (χ1v) is 5.59. The third-order valence-electron chi connectivity index (χ3n) is 3.84. The van der Waals surface area contributed by atoms with Crippen LogP contribution in [0.5, 0.6) is 0 Å². The van der Waals surface area contributed by atoms with Crippen LogP contribution in [0.3, 0.4) is 0 Å². The predicted molar refractivity (Wildman–Crippen MR) is 57.7 cm³/mol. The van der Waals surface area contributed by atoms with E-state index in [4.69, 9.17) is 5.73 Å². The van der Waals surface area contributed by atoms with Crippen molar-refractivity contribution >= 4 is 0 Å². The Bertz CT molecular complexity index is 158. The van der Waals surface area contributed by atoms with Gasteiger partial charge in [0.2, 0.25) is 0 Å². The van der Waals surface area contributed by atoms with Crippen molar-refractivity contribution < 1.29 is 0 Å². The van der Waals surface area contributed by atoms with Gasteiger partial charge in [0.25, 0.3) is 0 Å². The summed E-state index contributed by atoms with van der Waals surface area (Å²) in [5.41, 5.74) is 6.05. The number of piperidine rings is 1. The predicted octanol–water partition coefficient (Wildman–Crippen LogP) is 1.84. The van der Waals surface area contributed by atoms with E-state index < -0.39 is 0 Å². The molecule has 0 spiro atoms. The van der Waals surface area contributed by atoms with Gasteiger partial charge in [-0.25, -0.2) is 0 Å². The van der Waals surface area contributed by atoms with Crippen molar-refractivity contribution in [3.05, 3.63) is 0 Å². The van der Waals surface area contributed by atoms with Gasteiger partial charge in [0.15, 0.2) is 0 Å². The van der Waals surface area contributed by atoms with Gasteiger partial charge in [0.05, 0.1) is 0 Å². The zero-order valence-electron chi connectivity index (χ0n) is 9.46. The van der Waals surface area contributed by atoms with Gasteiger partial charge in [0, 0.05) is 24.7 Å². The minimum Gasteiger partial charge on any atom is -0.327 e. The summed E-state index contributed by atoms with van der Waals surface area (Å²) < 4.78 is 0. The van der Waals surface area contributed by atoms with Crippen molar-refractivity contribution in [3.8, 4) is 0 Å². The molecule has 0 radical (unpaired) electrons. The zero-order valence-corrected chi connectivity index (χ0v) is 9.46. The minimum absolute atomic E-state index is 0.412. The highest BCUT2D eigenvalue weighted by Crippen LogP contribution is 2.24.